The van der Waals surface area contributed by atoms with Gasteiger partial charge >= 0.3 is 0 Å². The molecule has 3 aromatic heterocycles. The van der Waals surface area contributed by atoms with Crippen molar-refractivity contribution in [3.63, 3.8) is 0 Å². The molecule has 1 amide bonds. The largest absolute Gasteiger partial charge is 0.388 e. The summed E-state index contributed by atoms with van der Waals surface area (Å²) in [6.07, 6.45) is 3.79. The third kappa shape index (κ3) is 3.84. The highest BCUT2D eigenvalue weighted by Gasteiger charge is 2.39. The fourth-order valence-electron chi connectivity index (χ4n) is 3.64. The molecular formula is C18H24N8O4. The second kappa shape index (κ2) is 8.34. The number of ether oxygens (including phenoxy) is 1. The van der Waals surface area contributed by atoms with E-state index in [9.17, 15) is 15.0 Å². The van der Waals surface area contributed by atoms with Crippen LogP contribution in [-0.4, -0.2) is 76.2 Å². The van der Waals surface area contributed by atoms with Crippen LogP contribution in [0, 0.1) is 0 Å². The number of fused-ring (bicyclic) bond motifs is 1. The van der Waals surface area contributed by atoms with Gasteiger partial charge in [0.15, 0.2) is 11.5 Å². The van der Waals surface area contributed by atoms with E-state index in [1.807, 2.05) is 6.92 Å². The van der Waals surface area contributed by atoms with Crippen molar-refractivity contribution in [2.75, 3.05) is 12.3 Å². The van der Waals surface area contributed by atoms with Crippen LogP contribution in [0.15, 0.2) is 25.0 Å². The Morgan fingerprint density at radius 3 is 2.90 bits per heavy atom. The molecule has 12 nitrogen and oxygen atoms in total. The standard InChI is InChI=1S/C18H24N8O4/c1-2-12-20-3-4-25(12)6-13(27)24-10-7-30-11(16(29)15(10)28)5-26-9-23-18-14(26)17(19)21-8-22-18/h3-4,8-11,15-16,28-29H,2,5-7H2,1H3,(H,24,27)(H2,19,21,22)/t10-,11-,15+,16-/m1/s1. The number of nitrogens with one attached hydrogen (secondary N) is 1. The molecule has 1 aliphatic heterocycles. The molecule has 1 saturated heterocycles. The molecule has 0 bridgehead atoms. The van der Waals surface area contributed by atoms with Crippen LogP contribution in [0.5, 0.6) is 0 Å². The Labute approximate surface area is 171 Å². The van der Waals surface area contributed by atoms with Crippen molar-refractivity contribution in [3.8, 4) is 0 Å². The van der Waals surface area contributed by atoms with Crippen molar-refractivity contribution in [2.45, 2.75) is 50.8 Å². The number of rotatable bonds is 6. The van der Waals surface area contributed by atoms with E-state index in [4.69, 9.17) is 10.5 Å². The molecule has 0 unspecified atom stereocenters. The smallest absolute Gasteiger partial charge is 0.240 e. The van der Waals surface area contributed by atoms with E-state index in [0.717, 1.165) is 5.82 Å². The molecule has 5 N–H and O–H groups in total. The number of aliphatic hydroxyl groups excluding tert-OH is 2. The van der Waals surface area contributed by atoms with Crippen molar-refractivity contribution in [1.82, 2.24) is 34.4 Å². The van der Waals surface area contributed by atoms with E-state index >= 15 is 0 Å². The van der Waals surface area contributed by atoms with Crippen LogP contribution in [0.3, 0.4) is 0 Å². The maximum atomic E-state index is 12.4. The Morgan fingerprint density at radius 1 is 1.27 bits per heavy atom. The fraction of sp³-hybridized carbons (Fsp3) is 0.500. The third-order valence-corrected chi connectivity index (χ3v) is 5.23. The number of anilines is 1. The third-order valence-electron chi connectivity index (χ3n) is 5.23. The Morgan fingerprint density at radius 2 is 2.10 bits per heavy atom. The second-order valence-corrected chi connectivity index (χ2v) is 7.18. The maximum Gasteiger partial charge on any atom is 0.240 e. The van der Waals surface area contributed by atoms with Gasteiger partial charge in [-0.2, -0.15) is 0 Å². The molecule has 4 rings (SSSR count). The number of imidazole rings is 2. The minimum Gasteiger partial charge on any atom is -0.388 e. The van der Waals surface area contributed by atoms with Crippen LogP contribution in [-0.2, 0) is 29.0 Å². The van der Waals surface area contributed by atoms with E-state index in [1.165, 1.54) is 12.7 Å². The van der Waals surface area contributed by atoms with Crippen LogP contribution in [0.25, 0.3) is 11.2 Å². The topological polar surface area (TPSA) is 166 Å². The van der Waals surface area contributed by atoms with Gasteiger partial charge in [-0.3, -0.25) is 4.79 Å². The Balaban J connectivity index is 1.39. The predicted molar refractivity (Wildman–Crippen MR) is 105 cm³/mol. The van der Waals surface area contributed by atoms with Gasteiger partial charge in [-0.25, -0.2) is 19.9 Å². The summed E-state index contributed by atoms with van der Waals surface area (Å²) < 4.78 is 9.16. The molecule has 160 valence electrons. The van der Waals surface area contributed by atoms with Crippen molar-refractivity contribution < 1.29 is 19.7 Å². The number of nitrogens with two attached hydrogens (primary N) is 1. The van der Waals surface area contributed by atoms with E-state index in [0.29, 0.717) is 17.6 Å². The number of hydrogen-bond donors (Lipinski definition) is 4. The SMILES string of the molecule is CCc1nccn1CC(=O)N[C@@H]1CO[C@H](Cn2cnc3ncnc(N)c32)[C@@H](O)[C@H]1O. The Hall–Kier alpha value is -3.09. The van der Waals surface area contributed by atoms with Crippen molar-refractivity contribution in [1.29, 1.82) is 0 Å². The van der Waals surface area contributed by atoms with E-state index in [1.54, 1.807) is 21.5 Å². The van der Waals surface area contributed by atoms with Crippen molar-refractivity contribution in [3.05, 3.63) is 30.9 Å². The zero-order chi connectivity index (χ0) is 21.3. The molecular weight excluding hydrogens is 392 g/mol. The molecule has 4 heterocycles. The lowest BCUT2D eigenvalue weighted by Crippen LogP contribution is -2.60. The Bertz CT molecular complexity index is 1030. The van der Waals surface area contributed by atoms with E-state index < -0.39 is 24.4 Å². The Kier molecular flexibility index (Phi) is 5.61. The van der Waals surface area contributed by atoms with Gasteiger partial charge in [0.2, 0.25) is 5.91 Å². The fourth-order valence-corrected chi connectivity index (χ4v) is 3.64. The maximum absolute atomic E-state index is 12.4. The average molecular weight is 416 g/mol. The van der Waals surface area contributed by atoms with Gasteiger partial charge in [-0.15, -0.1) is 0 Å². The second-order valence-electron chi connectivity index (χ2n) is 7.18. The average Bonchev–Trinajstić information content (AvgIpc) is 3.35. The zero-order valence-corrected chi connectivity index (χ0v) is 16.4. The van der Waals surface area contributed by atoms with Gasteiger partial charge in [0, 0.05) is 18.8 Å². The number of hydrogen-bond acceptors (Lipinski definition) is 9. The monoisotopic (exact) mass is 416 g/mol. The van der Waals surface area contributed by atoms with Crippen LogP contribution < -0.4 is 11.1 Å². The minimum absolute atomic E-state index is 0.0534. The van der Waals surface area contributed by atoms with E-state index in [-0.39, 0.29) is 31.4 Å². The highest BCUT2D eigenvalue weighted by atomic mass is 16.5. The normalized spacial score (nSPS) is 24.2. The highest BCUT2D eigenvalue weighted by molar-refractivity contribution is 5.81. The van der Waals surface area contributed by atoms with Gasteiger partial charge in [-0.05, 0) is 0 Å². The molecule has 1 fully saturated rings. The van der Waals surface area contributed by atoms with E-state index in [2.05, 4.69) is 25.3 Å². The zero-order valence-electron chi connectivity index (χ0n) is 16.4. The summed E-state index contributed by atoms with van der Waals surface area (Å²) in [5, 5.41) is 23.8. The van der Waals surface area contributed by atoms with Crippen molar-refractivity contribution in [2.24, 2.45) is 0 Å². The lowest BCUT2D eigenvalue weighted by atomic mass is 9.97. The number of aryl methyl sites for hydroxylation is 1. The number of carbonyl (C=O) groups excluding carboxylic acids is 1. The van der Waals surface area contributed by atoms with Gasteiger partial charge in [0.1, 0.15) is 42.5 Å². The minimum atomic E-state index is -1.22. The molecule has 30 heavy (non-hydrogen) atoms. The van der Waals surface area contributed by atoms with Gasteiger partial charge in [0.25, 0.3) is 0 Å². The van der Waals surface area contributed by atoms with Crippen molar-refractivity contribution >= 4 is 22.9 Å². The summed E-state index contributed by atoms with van der Waals surface area (Å²) in [5.74, 6) is 0.757. The summed E-state index contributed by atoms with van der Waals surface area (Å²) in [6.45, 7) is 2.28. The lowest BCUT2D eigenvalue weighted by Gasteiger charge is -2.38. The first kappa shape index (κ1) is 20.2. The molecule has 4 atom stereocenters. The number of nitrogens with zero attached hydrogens (tertiary/aromatic N) is 6. The molecule has 0 spiro atoms. The molecule has 0 aromatic carbocycles. The van der Waals surface area contributed by atoms with Crippen LogP contribution in [0.4, 0.5) is 5.82 Å². The molecule has 0 radical (unpaired) electrons. The van der Waals surface area contributed by atoms with Gasteiger partial charge in [-0.1, -0.05) is 6.92 Å². The van der Waals surface area contributed by atoms with Gasteiger partial charge < -0.3 is 35.1 Å². The first-order chi connectivity index (χ1) is 14.5. The summed E-state index contributed by atoms with van der Waals surface area (Å²) >= 11 is 0. The summed E-state index contributed by atoms with van der Waals surface area (Å²) in [7, 11) is 0. The molecule has 3 aromatic rings. The first-order valence-electron chi connectivity index (χ1n) is 9.66. The number of aliphatic hydroxyl groups is 2. The summed E-state index contributed by atoms with van der Waals surface area (Å²) in [5.41, 5.74) is 6.87. The summed E-state index contributed by atoms with van der Waals surface area (Å²) in [4.78, 5) is 28.7. The number of carbonyl (C=O) groups is 1. The van der Waals surface area contributed by atoms with Crippen LogP contribution >= 0.6 is 0 Å². The highest BCUT2D eigenvalue weighted by Crippen LogP contribution is 2.21. The first-order valence-corrected chi connectivity index (χ1v) is 9.66. The number of nitrogen functional groups attached to an aromatic ring is 1. The molecule has 1 aliphatic rings. The lowest BCUT2D eigenvalue weighted by molar-refractivity contribution is -0.158. The van der Waals surface area contributed by atoms with Crippen LogP contribution in [0.2, 0.25) is 0 Å². The number of amides is 1. The quantitative estimate of drug-likeness (QED) is 0.373. The van der Waals surface area contributed by atoms with Gasteiger partial charge in [0.05, 0.1) is 25.5 Å². The molecule has 0 aliphatic carbocycles. The molecule has 12 heteroatoms. The van der Waals surface area contributed by atoms with Crippen LogP contribution in [0.1, 0.15) is 12.7 Å². The predicted octanol–water partition coefficient (Wildman–Crippen LogP) is -1.53. The molecule has 0 saturated carbocycles. The number of aromatic nitrogens is 6. The summed E-state index contributed by atoms with van der Waals surface area (Å²) in [6, 6.07) is -0.731.